The number of carbonyl (C=O) groups excluding carboxylic acids is 2. The van der Waals surface area contributed by atoms with Gasteiger partial charge in [-0.1, -0.05) is 30.3 Å². The van der Waals surface area contributed by atoms with E-state index in [1.807, 2.05) is 35.9 Å². The van der Waals surface area contributed by atoms with Gasteiger partial charge in [-0.15, -0.1) is 0 Å². The number of amides is 2. The van der Waals surface area contributed by atoms with Crippen LogP contribution in [0.5, 0.6) is 0 Å². The molecule has 0 aliphatic rings. The van der Waals surface area contributed by atoms with E-state index in [2.05, 4.69) is 5.32 Å². The van der Waals surface area contributed by atoms with E-state index in [9.17, 15) is 22.8 Å². The zero-order valence-corrected chi connectivity index (χ0v) is 16.0. The summed E-state index contributed by atoms with van der Waals surface area (Å²) in [5, 5.41) is 3.02. The summed E-state index contributed by atoms with van der Waals surface area (Å²) < 4.78 is 41.1. The minimum atomic E-state index is -4.59. The van der Waals surface area contributed by atoms with E-state index in [1.54, 1.807) is 13.1 Å². The average molecular weight is 403 g/mol. The number of para-hydroxylation sites is 2. The van der Waals surface area contributed by atoms with Crippen molar-refractivity contribution in [3.05, 3.63) is 65.9 Å². The molecule has 2 aromatic carbocycles. The molecule has 152 valence electrons. The molecule has 0 radical (unpaired) electrons. The Morgan fingerprint density at radius 3 is 2.41 bits per heavy atom. The Labute approximate surface area is 165 Å². The fraction of sp³-hybridized carbons (Fsp3) is 0.238. The van der Waals surface area contributed by atoms with Crippen LogP contribution in [0.2, 0.25) is 0 Å². The van der Waals surface area contributed by atoms with Crippen molar-refractivity contribution >= 4 is 28.4 Å². The summed E-state index contributed by atoms with van der Waals surface area (Å²) >= 11 is 0. The standard InChI is InChI=1S/C21H20F3N3O2/c1-3-27(20(29)15-12-26(2)18-11-7-4-8-14(15)18)13-19(28)25-17-10-6-5-9-16(17)21(22,23)24/h4-12H,3,13H2,1-2H3,(H,25,28). The van der Waals surface area contributed by atoms with E-state index in [0.717, 1.165) is 17.0 Å². The van der Waals surface area contributed by atoms with Crippen molar-refractivity contribution in [3.63, 3.8) is 0 Å². The van der Waals surface area contributed by atoms with Gasteiger partial charge in [-0.25, -0.2) is 0 Å². The second-order valence-corrected chi connectivity index (χ2v) is 6.58. The molecular weight excluding hydrogens is 383 g/mol. The van der Waals surface area contributed by atoms with Crippen LogP contribution in [0, 0.1) is 0 Å². The average Bonchev–Trinajstić information content (AvgIpc) is 3.02. The summed E-state index contributed by atoms with van der Waals surface area (Å²) in [6.07, 6.45) is -2.90. The van der Waals surface area contributed by atoms with Gasteiger partial charge >= 0.3 is 6.18 Å². The fourth-order valence-corrected chi connectivity index (χ4v) is 3.21. The highest BCUT2D eigenvalue weighted by Gasteiger charge is 2.33. The predicted molar refractivity (Wildman–Crippen MR) is 105 cm³/mol. The number of alkyl halides is 3. The molecule has 1 aromatic heterocycles. The third-order valence-electron chi connectivity index (χ3n) is 4.64. The first-order valence-corrected chi connectivity index (χ1v) is 9.01. The summed E-state index contributed by atoms with van der Waals surface area (Å²) in [6.45, 7) is 1.58. The minimum Gasteiger partial charge on any atom is -0.350 e. The fourth-order valence-electron chi connectivity index (χ4n) is 3.21. The maximum Gasteiger partial charge on any atom is 0.418 e. The number of hydrogen-bond acceptors (Lipinski definition) is 2. The maximum atomic E-state index is 13.1. The molecule has 3 aromatic rings. The van der Waals surface area contributed by atoms with Crippen LogP contribution in [-0.2, 0) is 18.0 Å². The van der Waals surface area contributed by atoms with E-state index in [4.69, 9.17) is 0 Å². The summed E-state index contributed by atoms with van der Waals surface area (Å²) in [4.78, 5) is 26.7. The van der Waals surface area contributed by atoms with Crippen LogP contribution in [0.25, 0.3) is 10.9 Å². The third kappa shape index (κ3) is 4.26. The number of hydrogen-bond donors (Lipinski definition) is 1. The van der Waals surface area contributed by atoms with E-state index in [0.29, 0.717) is 5.56 Å². The van der Waals surface area contributed by atoms with Crippen molar-refractivity contribution in [2.45, 2.75) is 13.1 Å². The number of carbonyl (C=O) groups is 2. The molecule has 2 amide bonds. The number of aryl methyl sites for hydroxylation is 1. The Balaban J connectivity index is 1.80. The molecule has 0 aliphatic heterocycles. The highest BCUT2D eigenvalue weighted by atomic mass is 19.4. The van der Waals surface area contributed by atoms with Crippen LogP contribution in [0.1, 0.15) is 22.8 Å². The van der Waals surface area contributed by atoms with Gasteiger partial charge in [0.2, 0.25) is 5.91 Å². The first-order chi connectivity index (χ1) is 13.7. The Bertz CT molecular complexity index is 1060. The van der Waals surface area contributed by atoms with Gasteiger partial charge in [-0.2, -0.15) is 13.2 Å². The van der Waals surface area contributed by atoms with Crippen LogP contribution in [0.15, 0.2) is 54.7 Å². The Morgan fingerprint density at radius 1 is 1.07 bits per heavy atom. The van der Waals surface area contributed by atoms with Crippen LogP contribution in [0.3, 0.4) is 0 Å². The normalized spacial score (nSPS) is 11.5. The number of aromatic nitrogens is 1. The minimum absolute atomic E-state index is 0.233. The van der Waals surface area contributed by atoms with Crippen molar-refractivity contribution < 1.29 is 22.8 Å². The monoisotopic (exact) mass is 403 g/mol. The van der Waals surface area contributed by atoms with Crippen molar-refractivity contribution in [1.29, 1.82) is 0 Å². The van der Waals surface area contributed by atoms with Gasteiger partial charge in [-0.3, -0.25) is 9.59 Å². The summed E-state index contributed by atoms with van der Waals surface area (Å²) in [6, 6.07) is 12.1. The Hall–Kier alpha value is -3.29. The van der Waals surface area contributed by atoms with Crippen molar-refractivity contribution in [1.82, 2.24) is 9.47 Å². The lowest BCUT2D eigenvalue weighted by molar-refractivity contribution is -0.137. The number of fused-ring (bicyclic) bond motifs is 1. The van der Waals surface area contributed by atoms with E-state index in [1.165, 1.54) is 23.1 Å². The van der Waals surface area contributed by atoms with Crippen molar-refractivity contribution in [2.75, 3.05) is 18.4 Å². The maximum absolute atomic E-state index is 13.1. The summed E-state index contributed by atoms with van der Waals surface area (Å²) in [7, 11) is 1.82. The molecule has 1 heterocycles. The molecule has 0 atom stereocenters. The molecular formula is C21H20F3N3O2. The molecule has 0 saturated heterocycles. The summed E-state index contributed by atoms with van der Waals surface area (Å²) in [5.41, 5.74) is 0.0411. The van der Waals surface area contributed by atoms with E-state index >= 15 is 0 Å². The van der Waals surface area contributed by atoms with Gasteiger partial charge in [0.25, 0.3) is 5.91 Å². The molecule has 3 rings (SSSR count). The number of likely N-dealkylation sites (N-methyl/N-ethyl adjacent to an activating group) is 1. The van der Waals surface area contributed by atoms with E-state index in [-0.39, 0.29) is 24.7 Å². The third-order valence-corrected chi connectivity index (χ3v) is 4.64. The van der Waals surface area contributed by atoms with Gasteiger partial charge in [0.15, 0.2) is 0 Å². The second-order valence-electron chi connectivity index (χ2n) is 6.58. The Morgan fingerprint density at radius 2 is 1.72 bits per heavy atom. The zero-order chi connectivity index (χ0) is 21.2. The van der Waals surface area contributed by atoms with Crippen molar-refractivity contribution in [2.24, 2.45) is 7.05 Å². The van der Waals surface area contributed by atoms with Crippen LogP contribution < -0.4 is 5.32 Å². The molecule has 5 nitrogen and oxygen atoms in total. The number of nitrogens with one attached hydrogen (secondary N) is 1. The number of nitrogens with zero attached hydrogens (tertiary/aromatic N) is 2. The van der Waals surface area contributed by atoms with Gasteiger partial charge in [0.1, 0.15) is 6.54 Å². The van der Waals surface area contributed by atoms with Gasteiger partial charge in [-0.05, 0) is 25.1 Å². The number of benzene rings is 2. The smallest absolute Gasteiger partial charge is 0.350 e. The summed E-state index contributed by atoms with van der Waals surface area (Å²) in [5.74, 6) is -1.05. The number of anilines is 1. The lowest BCUT2D eigenvalue weighted by atomic mass is 10.1. The highest BCUT2D eigenvalue weighted by molar-refractivity contribution is 6.08. The molecule has 0 spiro atoms. The zero-order valence-electron chi connectivity index (χ0n) is 16.0. The molecule has 0 fully saturated rings. The Kier molecular flexibility index (Phi) is 5.63. The topological polar surface area (TPSA) is 54.3 Å². The highest BCUT2D eigenvalue weighted by Crippen LogP contribution is 2.34. The number of halogens is 3. The van der Waals surface area contributed by atoms with E-state index < -0.39 is 17.6 Å². The van der Waals surface area contributed by atoms with Crippen LogP contribution in [0.4, 0.5) is 18.9 Å². The molecule has 8 heteroatoms. The number of rotatable bonds is 5. The van der Waals surface area contributed by atoms with Crippen molar-refractivity contribution in [3.8, 4) is 0 Å². The van der Waals surface area contributed by atoms with Crippen LogP contribution in [-0.4, -0.2) is 34.4 Å². The predicted octanol–water partition coefficient (Wildman–Crippen LogP) is 4.30. The molecule has 0 saturated carbocycles. The molecule has 1 N–H and O–H groups in total. The first-order valence-electron chi connectivity index (χ1n) is 9.01. The molecule has 0 bridgehead atoms. The largest absolute Gasteiger partial charge is 0.418 e. The van der Waals surface area contributed by atoms with Gasteiger partial charge in [0, 0.05) is 30.7 Å². The van der Waals surface area contributed by atoms with Gasteiger partial charge in [0.05, 0.1) is 16.8 Å². The second kappa shape index (κ2) is 7.98. The quantitative estimate of drug-likeness (QED) is 0.691. The van der Waals surface area contributed by atoms with Crippen LogP contribution >= 0.6 is 0 Å². The lowest BCUT2D eigenvalue weighted by Crippen LogP contribution is -2.38. The van der Waals surface area contributed by atoms with Gasteiger partial charge < -0.3 is 14.8 Å². The first kappa shape index (κ1) is 20.4. The lowest BCUT2D eigenvalue weighted by Gasteiger charge is -2.21. The SMILES string of the molecule is CCN(CC(=O)Nc1ccccc1C(F)(F)F)C(=O)c1cn(C)c2ccccc12. The molecule has 0 unspecified atom stereocenters. The molecule has 0 aliphatic carbocycles. The molecule has 29 heavy (non-hydrogen) atoms.